The Kier molecular flexibility index (Phi) is 7.73. The Morgan fingerprint density at radius 2 is 1.83 bits per heavy atom. The Morgan fingerprint density at radius 1 is 1.25 bits per heavy atom. The van der Waals surface area contributed by atoms with Gasteiger partial charge in [-0.05, 0) is 12.0 Å². The first-order chi connectivity index (χ1) is 5.29. The number of hydrogen-bond acceptors (Lipinski definition) is 1. The van der Waals surface area contributed by atoms with Gasteiger partial charge in [-0.2, -0.15) is 0 Å². The largest absolute Gasteiger partial charge is 1.00 e. The van der Waals surface area contributed by atoms with Crippen LogP contribution >= 0.6 is 0 Å². The van der Waals surface area contributed by atoms with E-state index in [1.165, 1.54) is 5.56 Å². The van der Waals surface area contributed by atoms with Gasteiger partial charge in [0.05, 0.1) is 0 Å². The summed E-state index contributed by atoms with van der Waals surface area (Å²) in [5.41, 5.74) is 1.26. The molecule has 1 aromatic rings. The number of aryl methyl sites for hydroxylation is 1. The van der Waals surface area contributed by atoms with Crippen LogP contribution in [0.5, 0.6) is 0 Å². The third kappa shape index (κ3) is 5.46. The van der Waals surface area contributed by atoms with Crippen LogP contribution in [0.1, 0.15) is 18.9 Å². The molecule has 0 heterocycles. The summed E-state index contributed by atoms with van der Waals surface area (Å²) in [5, 5.41) is 10.7. The second-order valence-electron chi connectivity index (χ2n) is 2.83. The summed E-state index contributed by atoms with van der Waals surface area (Å²) in [6.45, 7) is 1.71. The Morgan fingerprint density at radius 3 is 2.33 bits per heavy atom. The van der Waals surface area contributed by atoms with Crippen molar-refractivity contribution in [1.82, 2.24) is 0 Å². The van der Waals surface area contributed by atoms with Crippen LogP contribution in [-0.2, 0) is 6.42 Å². The van der Waals surface area contributed by atoms with Crippen molar-refractivity contribution >= 4 is 0 Å². The molecule has 0 amide bonds. The molecule has 0 aromatic heterocycles. The fourth-order valence-corrected chi connectivity index (χ4v) is 1.01. The van der Waals surface area contributed by atoms with Crippen LogP contribution in [0, 0.1) is 0 Å². The van der Waals surface area contributed by atoms with Gasteiger partial charge in [-0.25, -0.2) is 0 Å². The first kappa shape index (κ1) is 12.8. The Hall–Kier alpha value is 0.816. The van der Waals surface area contributed by atoms with E-state index >= 15 is 0 Å². The second-order valence-corrected chi connectivity index (χ2v) is 2.83. The van der Waals surface area contributed by atoms with E-state index in [-0.39, 0.29) is 51.4 Å². The van der Waals surface area contributed by atoms with Crippen LogP contribution in [-0.4, -0.2) is 6.10 Å². The van der Waals surface area contributed by atoms with Crippen LogP contribution in [0.25, 0.3) is 0 Å². The average molecular weight is 188 g/mol. The predicted molar refractivity (Wildman–Crippen MR) is 44.2 cm³/mol. The van der Waals surface area contributed by atoms with Crippen LogP contribution in [0.2, 0.25) is 0 Å². The van der Waals surface area contributed by atoms with Gasteiger partial charge in [0.2, 0.25) is 0 Å². The van der Waals surface area contributed by atoms with Crippen LogP contribution < -0.4 is 56.5 Å². The van der Waals surface area contributed by atoms with Crippen molar-refractivity contribution in [2.75, 3.05) is 0 Å². The van der Waals surface area contributed by atoms with Crippen molar-refractivity contribution in [2.45, 2.75) is 25.9 Å². The van der Waals surface area contributed by atoms with Crippen LogP contribution in [0.4, 0.5) is 0 Å². The molecule has 1 nitrogen and oxygen atoms in total. The third-order valence-electron chi connectivity index (χ3n) is 1.68. The molecule has 0 aliphatic carbocycles. The number of benzene rings is 1. The maximum absolute atomic E-state index is 10.7. The number of hydrogen-bond donors (Lipinski definition) is 0. The molecule has 0 fully saturated rings. The van der Waals surface area contributed by atoms with E-state index in [1.807, 2.05) is 18.2 Å². The van der Waals surface area contributed by atoms with Crippen LogP contribution in [0.15, 0.2) is 30.3 Å². The molecule has 0 radical (unpaired) electrons. The molecule has 0 bridgehead atoms. The predicted octanol–water partition coefficient (Wildman–Crippen LogP) is -1.63. The van der Waals surface area contributed by atoms with Gasteiger partial charge in [0.15, 0.2) is 0 Å². The van der Waals surface area contributed by atoms with E-state index in [2.05, 4.69) is 12.1 Å². The van der Waals surface area contributed by atoms with Crippen LogP contribution in [0.3, 0.4) is 0 Å². The molecule has 2 heteroatoms. The van der Waals surface area contributed by atoms with Crippen molar-refractivity contribution in [1.29, 1.82) is 0 Å². The summed E-state index contributed by atoms with van der Waals surface area (Å²) in [6, 6.07) is 10.1. The minimum Gasteiger partial charge on any atom is -0.852 e. The molecule has 1 rings (SSSR count). The van der Waals surface area contributed by atoms with Gasteiger partial charge in [0.1, 0.15) is 0 Å². The van der Waals surface area contributed by atoms with E-state index in [0.29, 0.717) is 0 Å². The molecule has 1 atom stereocenters. The van der Waals surface area contributed by atoms with Gasteiger partial charge in [-0.3, -0.25) is 0 Å². The summed E-state index contributed by atoms with van der Waals surface area (Å²) >= 11 is 0. The van der Waals surface area contributed by atoms with Gasteiger partial charge in [0, 0.05) is 0 Å². The summed E-state index contributed by atoms with van der Waals surface area (Å²) in [6.07, 6.45) is 1.21. The van der Waals surface area contributed by atoms with Gasteiger partial charge in [-0.15, -0.1) is 6.10 Å². The molecule has 1 aromatic carbocycles. The SMILES string of the molecule is CC([O-])CCc1ccccc1.[K+]. The molecule has 0 spiro atoms. The molecule has 0 saturated carbocycles. The fraction of sp³-hybridized carbons (Fsp3) is 0.400. The standard InChI is InChI=1S/C10H13O.K/c1-9(11)7-8-10-5-3-2-4-6-10;/h2-6,9H,7-8H2,1H3;/q-1;+1. The van der Waals surface area contributed by atoms with Crippen molar-refractivity contribution in [3.05, 3.63) is 35.9 Å². The van der Waals surface area contributed by atoms with Gasteiger partial charge < -0.3 is 5.11 Å². The molecular formula is C10H13KO. The van der Waals surface area contributed by atoms with E-state index in [9.17, 15) is 5.11 Å². The normalized spacial score (nSPS) is 11.8. The molecule has 60 valence electrons. The average Bonchev–Trinajstić information content (AvgIpc) is 2.03. The maximum Gasteiger partial charge on any atom is 1.00 e. The van der Waals surface area contributed by atoms with Gasteiger partial charge in [-0.1, -0.05) is 43.7 Å². The van der Waals surface area contributed by atoms with E-state index in [0.717, 1.165) is 12.8 Å². The maximum atomic E-state index is 10.7. The minimum atomic E-state index is -0.435. The molecule has 0 saturated heterocycles. The van der Waals surface area contributed by atoms with Crippen molar-refractivity contribution in [3.8, 4) is 0 Å². The summed E-state index contributed by atoms with van der Waals surface area (Å²) in [7, 11) is 0. The molecule has 1 unspecified atom stereocenters. The fourth-order valence-electron chi connectivity index (χ4n) is 1.01. The number of rotatable bonds is 3. The first-order valence-electron chi connectivity index (χ1n) is 3.99. The van der Waals surface area contributed by atoms with Crippen molar-refractivity contribution < 1.29 is 56.5 Å². The molecule has 0 N–H and O–H groups in total. The van der Waals surface area contributed by atoms with Crippen molar-refractivity contribution in [3.63, 3.8) is 0 Å². The van der Waals surface area contributed by atoms with E-state index < -0.39 is 6.10 Å². The third-order valence-corrected chi connectivity index (χ3v) is 1.68. The summed E-state index contributed by atoms with van der Waals surface area (Å²) in [4.78, 5) is 0. The zero-order valence-electron chi connectivity index (χ0n) is 7.79. The Balaban J connectivity index is 0.00000121. The zero-order valence-corrected chi connectivity index (χ0v) is 10.9. The van der Waals surface area contributed by atoms with Gasteiger partial charge in [0.25, 0.3) is 0 Å². The Labute approximate surface area is 117 Å². The first-order valence-corrected chi connectivity index (χ1v) is 3.99. The quantitative estimate of drug-likeness (QED) is 0.523. The van der Waals surface area contributed by atoms with Gasteiger partial charge >= 0.3 is 51.4 Å². The molecule has 0 aliphatic rings. The molecule has 12 heavy (non-hydrogen) atoms. The van der Waals surface area contributed by atoms with E-state index in [4.69, 9.17) is 0 Å². The van der Waals surface area contributed by atoms with Crippen molar-refractivity contribution in [2.24, 2.45) is 0 Å². The molecular weight excluding hydrogens is 175 g/mol. The Bertz CT molecular complexity index is 196. The monoisotopic (exact) mass is 188 g/mol. The minimum absolute atomic E-state index is 0. The second kappa shape index (κ2) is 7.24. The summed E-state index contributed by atoms with van der Waals surface area (Å²) < 4.78 is 0. The van der Waals surface area contributed by atoms with E-state index in [1.54, 1.807) is 6.92 Å². The molecule has 0 aliphatic heterocycles. The zero-order chi connectivity index (χ0) is 8.10. The topological polar surface area (TPSA) is 23.1 Å². The summed E-state index contributed by atoms with van der Waals surface area (Å²) in [5.74, 6) is 0. The smallest absolute Gasteiger partial charge is 0.852 e.